The Bertz CT molecular complexity index is 561. The number of anilines is 1. The summed E-state index contributed by atoms with van der Waals surface area (Å²) in [5, 5.41) is 20.2. The molecule has 1 saturated heterocycles. The molecule has 0 radical (unpaired) electrons. The van der Waals surface area contributed by atoms with Gasteiger partial charge in [-0.1, -0.05) is 0 Å². The molecule has 1 aliphatic heterocycles. The van der Waals surface area contributed by atoms with Gasteiger partial charge in [-0.2, -0.15) is 0 Å². The van der Waals surface area contributed by atoms with E-state index < -0.39 is 16.4 Å². The highest BCUT2D eigenvalue weighted by Crippen LogP contribution is 2.34. The Kier molecular flexibility index (Phi) is 3.61. The van der Waals surface area contributed by atoms with Gasteiger partial charge in [0.25, 0.3) is 5.69 Å². The van der Waals surface area contributed by atoms with Gasteiger partial charge in [-0.05, 0) is 38.7 Å². The first-order valence-corrected chi connectivity index (χ1v) is 6.48. The van der Waals surface area contributed by atoms with Gasteiger partial charge in [0.15, 0.2) is 0 Å². The van der Waals surface area contributed by atoms with E-state index in [2.05, 4.69) is 4.98 Å². The van der Waals surface area contributed by atoms with Crippen molar-refractivity contribution >= 4 is 17.5 Å². The van der Waals surface area contributed by atoms with Crippen molar-refractivity contribution in [3.8, 4) is 0 Å². The quantitative estimate of drug-likeness (QED) is 0.672. The minimum atomic E-state index is -1.01. The summed E-state index contributed by atoms with van der Waals surface area (Å²) < 4.78 is 0. The van der Waals surface area contributed by atoms with Gasteiger partial charge in [-0.25, -0.2) is 9.78 Å². The van der Waals surface area contributed by atoms with Crippen molar-refractivity contribution in [3.05, 3.63) is 27.9 Å². The number of carboxylic acids is 1. The minimum Gasteiger partial charge on any atom is -0.480 e. The number of aromatic nitrogens is 1. The Hall–Kier alpha value is -2.18. The smallest absolute Gasteiger partial charge is 0.329 e. The molecule has 0 aromatic carbocycles. The van der Waals surface area contributed by atoms with Crippen LogP contribution >= 0.6 is 0 Å². The van der Waals surface area contributed by atoms with E-state index in [0.29, 0.717) is 24.3 Å². The molecule has 7 nitrogen and oxygen atoms in total. The fourth-order valence-corrected chi connectivity index (χ4v) is 2.62. The summed E-state index contributed by atoms with van der Waals surface area (Å²) in [5.74, 6) is -0.378. The highest BCUT2D eigenvalue weighted by atomic mass is 16.6. The molecule has 20 heavy (non-hydrogen) atoms. The van der Waals surface area contributed by atoms with E-state index in [4.69, 9.17) is 0 Å². The van der Waals surface area contributed by atoms with E-state index in [1.54, 1.807) is 18.7 Å². The van der Waals surface area contributed by atoms with Gasteiger partial charge in [-0.3, -0.25) is 10.1 Å². The molecule has 1 aromatic rings. The number of hydrogen-bond donors (Lipinski definition) is 1. The first-order chi connectivity index (χ1) is 9.36. The molecule has 1 fully saturated rings. The fourth-order valence-electron chi connectivity index (χ4n) is 2.62. The van der Waals surface area contributed by atoms with Crippen LogP contribution in [0.2, 0.25) is 0 Å². The van der Waals surface area contributed by atoms with Gasteiger partial charge in [0.05, 0.1) is 4.92 Å². The van der Waals surface area contributed by atoms with E-state index in [-0.39, 0.29) is 5.69 Å². The topological polar surface area (TPSA) is 96.6 Å². The second kappa shape index (κ2) is 5.07. The van der Waals surface area contributed by atoms with Gasteiger partial charge in [0.1, 0.15) is 17.6 Å². The van der Waals surface area contributed by atoms with Crippen molar-refractivity contribution in [3.63, 3.8) is 0 Å². The summed E-state index contributed by atoms with van der Waals surface area (Å²) in [6.45, 7) is 3.98. The lowest BCUT2D eigenvalue weighted by Gasteiger charge is -2.42. The Labute approximate surface area is 116 Å². The third kappa shape index (κ3) is 2.31. The van der Waals surface area contributed by atoms with Crippen LogP contribution in [0.25, 0.3) is 0 Å². The van der Waals surface area contributed by atoms with Crippen LogP contribution in [0.3, 0.4) is 0 Å². The Morgan fingerprint density at radius 3 is 2.80 bits per heavy atom. The maximum absolute atomic E-state index is 11.6. The van der Waals surface area contributed by atoms with Gasteiger partial charge in [0, 0.05) is 12.6 Å². The van der Waals surface area contributed by atoms with Gasteiger partial charge >= 0.3 is 5.97 Å². The number of nitro groups is 1. The summed E-state index contributed by atoms with van der Waals surface area (Å²) in [6, 6.07) is 1.43. The molecule has 1 aliphatic rings. The summed E-state index contributed by atoms with van der Waals surface area (Å²) >= 11 is 0. The number of piperidine rings is 1. The Morgan fingerprint density at radius 2 is 2.25 bits per heavy atom. The molecule has 1 atom stereocenters. The molecule has 2 rings (SSSR count). The standard InChI is InChI=1S/C13H17N3O4/c1-9-7-10(16(19)20)8-14-11(9)15-6-4-3-5-13(15,2)12(17)18/h7-8H,3-6H2,1-2H3,(H,17,18). The van der Waals surface area contributed by atoms with Crippen LogP contribution in [0.4, 0.5) is 11.5 Å². The van der Waals surface area contributed by atoms with Crippen molar-refractivity contribution in [2.75, 3.05) is 11.4 Å². The molecule has 1 N–H and O–H groups in total. The summed E-state index contributed by atoms with van der Waals surface area (Å²) in [7, 11) is 0. The molecule has 1 unspecified atom stereocenters. The van der Waals surface area contributed by atoms with E-state index in [1.165, 1.54) is 12.3 Å². The van der Waals surface area contributed by atoms with E-state index >= 15 is 0 Å². The van der Waals surface area contributed by atoms with Crippen LogP contribution < -0.4 is 4.90 Å². The summed E-state index contributed by atoms with van der Waals surface area (Å²) in [5.41, 5.74) is -0.472. The van der Waals surface area contributed by atoms with E-state index in [9.17, 15) is 20.0 Å². The second-order valence-electron chi connectivity index (χ2n) is 5.28. The van der Waals surface area contributed by atoms with Crippen LogP contribution in [0.1, 0.15) is 31.7 Å². The van der Waals surface area contributed by atoms with Crippen LogP contribution in [-0.4, -0.2) is 33.1 Å². The normalized spacial score (nSPS) is 22.6. The highest BCUT2D eigenvalue weighted by molar-refractivity contribution is 5.83. The molecule has 2 heterocycles. The predicted octanol–water partition coefficient (Wildman–Crippen LogP) is 2.13. The largest absolute Gasteiger partial charge is 0.480 e. The Morgan fingerprint density at radius 1 is 1.55 bits per heavy atom. The number of aryl methyl sites for hydroxylation is 1. The number of rotatable bonds is 3. The third-order valence-electron chi connectivity index (χ3n) is 3.85. The number of hydrogen-bond acceptors (Lipinski definition) is 5. The summed E-state index contributed by atoms with van der Waals surface area (Å²) in [6.07, 6.45) is 3.46. The van der Waals surface area contributed by atoms with Crippen molar-refractivity contribution in [2.24, 2.45) is 0 Å². The molecule has 0 spiro atoms. The zero-order chi connectivity index (χ0) is 14.9. The maximum Gasteiger partial charge on any atom is 0.329 e. The monoisotopic (exact) mass is 279 g/mol. The molecule has 7 heteroatoms. The van der Waals surface area contributed by atoms with Gasteiger partial charge < -0.3 is 10.0 Å². The first-order valence-electron chi connectivity index (χ1n) is 6.48. The molecule has 108 valence electrons. The maximum atomic E-state index is 11.6. The second-order valence-corrected chi connectivity index (χ2v) is 5.28. The van der Waals surface area contributed by atoms with Crippen LogP contribution in [0, 0.1) is 17.0 Å². The van der Waals surface area contributed by atoms with Gasteiger partial charge in [0.2, 0.25) is 0 Å². The summed E-state index contributed by atoms with van der Waals surface area (Å²) in [4.78, 5) is 27.7. The Balaban J connectivity index is 2.43. The molecular formula is C13H17N3O4. The van der Waals surface area contributed by atoms with Crippen LogP contribution in [0.15, 0.2) is 12.3 Å². The number of nitrogens with zero attached hydrogens (tertiary/aromatic N) is 3. The van der Waals surface area contributed by atoms with Crippen molar-refractivity contribution < 1.29 is 14.8 Å². The molecule has 0 saturated carbocycles. The first kappa shape index (κ1) is 14.2. The van der Waals surface area contributed by atoms with Crippen molar-refractivity contribution in [2.45, 2.75) is 38.6 Å². The number of carboxylic acid groups (broad SMARTS) is 1. The van der Waals surface area contributed by atoms with Crippen LogP contribution in [-0.2, 0) is 4.79 Å². The molecule has 0 bridgehead atoms. The minimum absolute atomic E-state index is 0.0831. The van der Waals surface area contributed by atoms with Crippen LogP contribution in [0.5, 0.6) is 0 Å². The van der Waals surface area contributed by atoms with E-state index in [1.807, 2.05) is 0 Å². The molecule has 1 aromatic heterocycles. The lowest BCUT2D eigenvalue weighted by molar-refractivity contribution is -0.385. The van der Waals surface area contributed by atoms with Crippen molar-refractivity contribution in [1.29, 1.82) is 0 Å². The zero-order valence-electron chi connectivity index (χ0n) is 11.5. The van der Waals surface area contributed by atoms with Gasteiger partial charge in [-0.15, -0.1) is 0 Å². The number of pyridine rings is 1. The molecule has 0 aliphatic carbocycles. The SMILES string of the molecule is Cc1cc([N+](=O)[O-])cnc1N1CCCCC1(C)C(=O)O. The highest BCUT2D eigenvalue weighted by Gasteiger charge is 2.42. The average molecular weight is 279 g/mol. The molecule has 0 amide bonds. The lowest BCUT2D eigenvalue weighted by atomic mass is 9.88. The third-order valence-corrected chi connectivity index (χ3v) is 3.85. The predicted molar refractivity (Wildman–Crippen MR) is 72.9 cm³/mol. The number of aliphatic carboxylic acids is 1. The zero-order valence-corrected chi connectivity index (χ0v) is 11.5. The number of carbonyl (C=O) groups is 1. The van der Waals surface area contributed by atoms with Crippen molar-refractivity contribution in [1.82, 2.24) is 4.98 Å². The van der Waals surface area contributed by atoms with E-state index in [0.717, 1.165) is 12.8 Å². The fraction of sp³-hybridized carbons (Fsp3) is 0.538. The lowest BCUT2D eigenvalue weighted by Crippen LogP contribution is -2.56. The average Bonchev–Trinajstić information content (AvgIpc) is 2.39. The molecular weight excluding hydrogens is 262 g/mol.